The lowest BCUT2D eigenvalue weighted by Gasteiger charge is -2.20. The molecule has 0 saturated carbocycles. The van der Waals surface area contributed by atoms with E-state index in [9.17, 15) is 14.7 Å². The third-order valence-electron chi connectivity index (χ3n) is 6.22. The average Bonchev–Trinajstić information content (AvgIpc) is 2.93. The molecule has 0 amide bonds. The molecule has 1 heterocycles. The van der Waals surface area contributed by atoms with Gasteiger partial charge in [0.15, 0.2) is 0 Å². The number of benzene rings is 4. The molecule has 5 aromatic rings. The van der Waals surface area contributed by atoms with E-state index < -0.39 is 11.5 Å². The molecule has 4 aromatic carbocycles. The second-order valence-electron chi connectivity index (χ2n) is 8.59. The maximum absolute atomic E-state index is 13.1. The number of aromatic hydroxyl groups is 1. The van der Waals surface area contributed by atoms with Crippen molar-refractivity contribution in [3.63, 3.8) is 0 Å². The number of fused-ring (bicyclic) bond motifs is 1. The lowest BCUT2D eigenvalue weighted by atomic mass is 9.84. The van der Waals surface area contributed by atoms with Crippen LogP contribution >= 0.6 is 23.2 Å². The summed E-state index contributed by atoms with van der Waals surface area (Å²) >= 11 is 12.5. The largest absolute Gasteiger partial charge is 0.507 e. The van der Waals surface area contributed by atoms with Crippen LogP contribution in [-0.4, -0.2) is 11.0 Å². The summed E-state index contributed by atoms with van der Waals surface area (Å²) in [5.41, 5.74) is 1.04. The molecule has 1 atom stereocenters. The maximum Gasteiger partial charge on any atom is 0.343 e. The van der Waals surface area contributed by atoms with Gasteiger partial charge in [0.2, 0.25) is 0 Å². The zero-order chi connectivity index (χ0) is 26.6. The quantitative estimate of drug-likeness (QED) is 0.166. The minimum absolute atomic E-state index is 0.0429. The Kier molecular flexibility index (Phi) is 7.34. The van der Waals surface area contributed by atoms with Gasteiger partial charge >= 0.3 is 5.63 Å². The van der Waals surface area contributed by atoms with Crippen LogP contribution in [0.1, 0.15) is 29.0 Å². The highest BCUT2D eigenvalue weighted by Gasteiger charge is 2.27. The van der Waals surface area contributed by atoms with E-state index in [4.69, 9.17) is 32.4 Å². The summed E-state index contributed by atoms with van der Waals surface area (Å²) in [6.07, 6.45) is 0.0429. The molecule has 5 rings (SSSR count). The second kappa shape index (κ2) is 11.0. The summed E-state index contributed by atoms with van der Waals surface area (Å²) in [5, 5.41) is 12.4. The summed E-state index contributed by atoms with van der Waals surface area (Å²) in [4.78, 5) is 25.3. The predicted molar refractivity (Wildman–Crippen MR) is 149 cm³/mol. The van der Waals surface area contributed by atoms with Crippen LogP contribution in [0.5, 0.6) is 17.2 Å². The Morgan fingerprint density at radius 1 is 0.895 bits per heavy atom. The molecule has 0 radical (unpaired) electrons. The van der Waals surface area contributed by atoms with Gasteiger partial charge in [-0.2, -0.15) is 0 Å². The lowest BCUT2D eigenvalue weighted by Crippen LogP contribution is -2.15. The first kappa shape index (κ1) is 25.4. The SMILES string of the molecule is O=C=C(CC(c1ccccc1)c1c(O)c2ccccc2oc1=O)c1ccc(Oc2ccc(Cl)cc2)cc1Cl. The summed E-state index contributed by atoms with van der Waals surface area (Å²) in [5.74, 6) is 2.15. The van der Waals surface area contributed by atoms with Gasteiger partial charge in [-0.3, -0.25) is 0 Å². The maximum atomic E-state index is 13.1. The molecule has 0 aliphatic rings. The molecule has 188 valence electrons. The molecule has 0 aliphatic heterocycles. The first-order chi connectivity index (χ1) is 18.4. The van der Waals surface area contributed by atoms with E-state index >= 15 is 0 Å². The van der Waals surface area contributed by atoms with E-state index in [1.807, 2.05) is 36.3 Å². The molecule has 0 saturated heterocycles. The van der Waals surface area contributed by atoms with Gasteiger partial charge in [-0.25, -0.2) is 9.59 Å². The van der Waals surface area contributed by atoms with E-state index in [0.717, 1.165) is 5.56 Å². The number of rotatable bonds is 7. The molecule has 38 heavy (non-hydrogen) atoms. The van der Waals surface area contributed by atoms with Crippen LogP contribution in [-0.2, 0) is 4.79 Å². The number of hydrogen-bond acceptors (Lipinski definition) is 5. The van der Waals surface area contributed by atoms with Crippen LogP contribution in [0.25, 0.3) is 16.5 Å². The second-order valence-corrected chi connectivity index (χ2v) is 9.44. The van der Waals surface area contributed by atoms with Gasteiger partial charge in [-0.05, 0) is 60.5 Å². The Balaban J connectivity index is 1.53. The molecule has 1 N–H and O–H groups in total. The zero-order valence-electron chi connectivity index (χ0n) is 19.9. The number of ether oxygens (including phenoxy) is 1. The van der Waals surface area contributed by atoms with Gasteiger partial charge in [0.25, 0.3) is 0 Å². The fourth-order valence-corrected chi connectivity index (χ4v) is 4.79. The van der Waals surface area contributed by atoms with Crippen molar-refractivity contribution in [2.75, 3.05) is 0 Å². The molecular weight excluding hydrogens is 523 g/mol. The van der Waals surface area contributed by atoms with Crippen molar-refractivity contribution in [1.82, 2.24) is 0 Å². The van der Waals surface area contributed by atoms with E-state index in [1.165, 1.54) is 0 Å². The van der Waals surface area contributed by atoms with Gasteiger partial charge in [-0.1, -0.05) is 65.7 Å². The lowest BCUT2D eigenvalue weighted by molar-refractivity contribution is 0.452. The number of para-hydroxylation sites is 1. The minimum Gasteiger partial charge on any atom is -0.507 e. The normalized spacial score (nSPS) is 11.6. The van der Waals surface area contributed by atoms with Gasteiger partial charge in [-0.15, -0.1) is 0 Å². The highest BCUT2D eigenvalue weighted by molar-refractivity contribution is 6.33. The highest BCUT2D eigenvalue weighted by atomic mass is 35.5. The minimum atomic E-state index is -0.699. The number of halogens is 2. The summed E-state index contributed by atoms with van der Waals surface area (Å²) in [7, 11) is 0. The van der Waals surface area contributed by atoms with Crippen molar-refractivity contribution >= 4 is 45.7 Å². The van der Waals surface area contributed by atoms with E-state index in [-0.39, 0.29) is 33.9 Å². The third-order valence-corrected chi connectivity index (χ3v) is 6.78. The third kappa shape index (κ3) is 5.22. The monoisotopic (exact) mass is 542 g/mol. The molecule has 0 aliphatic carbocycles. The first-order valence-electron chi connectivity index (χ1n) is 11.7. The Labute approximate surface area is 228 Å². The van der Waals surface area contributed by atoms with Gasteiger partial charge in [0.05, 0.1) is 16.0 Å². The van der Waals surface area contributed by atoms with Crippen molar-refractivity contribution < 1.29 is 19.1 Å². The number of hydrogen-bond donors (Lipinski definition) is 1. The summed E-state index contributed by atoms with van der Waals surface area (Å²) in [6.45, 7) is 0. The van der Waals surface area contributed by atoms with Gasteiger partial charge in [0, 0.05) is 28.1 Å². The summed E-state index contributed by atoms with van der Waals surface area (Å²) < 4.78 is 11.4. The van der Waals surface area contributed by atoms with Crippen LogP contribution in [0.2, 0.25) is 10.0 Å². The average molecular weight is 543 g/mol. The molecule has 0 fully saturated rings. The molecule has 1 unspecified atom stereocenters. The van der Waals surface area contributed by atoms with Crippen molar-refractivity contribution in [2.45, 2.75) is 12.3 Å². The van der Waals surface area contributed by atoms with Crippen LogP contribution in [0.4, 0.5) is 0 Å². The zero-order valence-corrected chi connectivity index (χ0v) is 21.4. The van der Waals surface area contributed by atoms with Crippen molar-refractivity contribution in [2.24, 2.45) is 0 Å². The topological polar surface area (TPSA) is 76.7 Å². The Morgan fingerprint density at radius 3 is 2.29 bits per heavy atom. The van der Waals surface area contributed by atoms with Crippen molar-refractivity contribution in [1.29, 1.82) is 0 Å². The molecular formula is C31H20Cl2O5. The smallest absolute Gasteiger partial charge is 0.343 e. The molecule has 1 aromatic heterocycles. The number of allylic oxidation sites excluding steroid dienone is 1. The fourth-order valence-electron chi connectivity index (χ4n) is 4.38. The van der Waals surface area contributed by atoms with Crippen molar-refractivity contribution in [3.05, 3.63) is 134 Å². The molecule has 0 bridgehead atoms. The van der Waals surface area contributed by atoms with E-state index in [0.29, 0.717) is 27.5 Å². The van der Waals surface area contributed by atoms with Crippen molar-refractivity contribution in [3.8, 4) is 17.2 Å². The fraction of sp³-hybridized carbons (Fsp3) is 0.0645. The Bertz CT molecular complexity index is 1720. The molecule has 5 nitrogen and oxygen atoms in total. The van der Waals surface area contributed by atoms with Gasteiger partial charge in [0.1, 0.15) is 28.8 Å². The van der Waals surface area contributed by atoms with Crippen LogP contribution in [0.3, 0.4) is 0 Å². The predicted octanol–water partition coefficient (Wildman–Crippen LogP) is 8.03. The number of carbonyl (C=O) groups excluding carboxylic acids is 1. The van der Waals surface area contributed by atoms with Crippen LogP contribution in [0, 0.1) is 0 Å². The Morgan fingerprint density at radius 2 is 1.58 bits per heavy atom. The standard InChI is InChI=1S/C31H20Cl2O5/c32-21-10-12-22(13-11-21)37-23-14-15-24(27(33)17-23)20(18-34)16-26(19-6-2-1-3-7-19)29-30(35)25-8-4-5-9-28(25)38-31(29)36/h1-15,17,26,35H,16H2. The van der Waals surface area contributed by atoms with E-state index in [1.54, 1.807) is 66.7 Å². The summed E-state index contributed by atoms with van der Waals surface area (Å²) in [6, 6.07) is 27.7. The Hall–Kier alpha value is -4.28. The molecule has 0 spiro atoms. The molecule has 7 heteroatoms. The van der Waals surface area contributed by atoms with Crippen LogP contribution in [0.15, 0.2) is 106 Å². The highest BCUT2D eigenvalue weighted by Crippen LogP contribution is 2.40. The first-order valence-corrected chi connectivity index (χ1v) is 12.5. The van der Waals surface area contributed by atoms with Crippen LogP contribution < -0.4 is 10.4 Å². The van der Waals surface area contributed by atoms with E-state index in [2.05, 4.69) is 0 Å². The van der Waals surface area contributed by atoms with Gasteiger partial charge < -0.3 is 14.3 Å².